The molecule has 1 saturated carbocycles. The van der Waals surface area contributed by atoms with Crippen molar-refractivity contribution in [3.05, 3.63) is 35.9 Å². The van der Waals surface area contributed by atoms with Crippen molar-refractivity contribution in [2.24, 2.45) is 16.6 Å². The smallest absolute Gasteiger partial charge is 0.188 e. The van der Waals surface area contributed by atoms with Gasteiger partial charge in [0.1, 0.15) is 0 Å². The Hall–Kier alpha value is -0.820. The van der Waals surface area contributed by atoms with Crippen LogP contribution in [0.3, 0.4) is 0 Å². The fourth-order valence-corrected chi connectivity index (χ4v) is 2.31. The molecule has 1 fully saturated rings. The van der Waals surface area contributed by atoms with E-state index < -0.39 is 0 Å². The summed E-state index contributed by atoms with van der Waals surface area (Å²) in [5, 5.41) is 3.19. The van der Waals surface area contributed by atoms with E-state index in [0.29, 0.717) is 5.96 Å². The van der Waals surface area contributed by atoms with Gasteiger partial charge in [-0.05, 0) is 31.4 Å². The van der Waals surface area contributed by atoms with Crippen molar-refractivity contribution in [3.8, 4) is 0 Å². The molecule has 1 aliphatic carbocycles. The predicted molar refractivity (Wildman–Crippen MR) is 100 cm³/mol. The van der Waals surface area contributed by atoms with E-state index in [4.69, 9.17) is 5.73 Å². The van der Waals surface area contributed by atoms with Gasteiger partial charge in [-0.25, -0.2) is 0 Å². The molecule has 0 amide bonds. The molecule has 3 N–H and O–H groups in total. The highest BCUT2D eigenvalue weighted by Gasteiger charge is 2.16. The van der Waals surface area contributed by atoms with E-state index in [0.717, 1.165) is 32.1 Å². The van der Waals surface area contributed by atoms with Gasteiger partial charge in [-0.2, -0.15) is 0 Å². The minimum absolute atomic E-state index is 0. The Morgan fingerprint density at radius 2 is 2.05 bits per heavy atom. The van der Waals surface area contributed by atoms with Crippen molar-refractivity contribution in [1.29, 1.82) is 0 Å². The van der Waals surface area contributed by atoms with E-state index in [1.807, 2.05) is 6.07 Å². The summed E-state index contributed by atoms with van der Waals surface area (Å²) in [4.78, 5) is 6.67. The lowest BCUT2D eigenvalue weighted by molar-refractivity contribution is 0.324. The number of halogens is 1. The summed E-state index contributed by atoms with van der Waals surface area (Å²) in [6.07, 6.45) is 3.99. The number of hydrogen-bond donors (Lipinski definition) is 2. The summed E-state index contributed by atoms with van der Waals surface area (Å²) in [7, 11) is 2.12. The molecule has 1 aliphatic rings. The molecule has 4 nitrogen and oxygen atoms in total. The molecule has 0 atom stereocenters. The topological polar surface area (TPSA) is 53.6 Å². The number of guanidine groups is 1. The van der Waals surface area contributed by atoms with Crippen LogP contribution in [0.1, 0.15) is 24.8 Å². The van der Waals surface area contributed by atoms with Crippen LogP contribution in [0.4, 0.5) is 0 Å². The van der Waals surface area contributed by atoms with Crippen molar-refractivity contribution in [3.63, 3.8) is 0 Å². The van der Waals surface area contributed by atoms with Crippen molar-refractivity contribution < 1.29 is 0 Å². The molecular formula is C16H27IN4. The molecule has 0 aromatic heterocycles. The van der Waals surface area contributed by atoms with Crippen LogP contribution in [0.15, 0.2) is 35.3 Å². The summed E-state index contributed by atoms with van der Waals surface area (Å²) in [6, 6.07) is 10.5. The second-order valence-electron chi connectivity index (χ2n) is 5.67. The van der Waals surface area contributed by atoms with E-state index in [1.54, 1.807) is 0 Å². The van der Waals surface area contributed by atoms with Crippen LogP contribution in [-0.2, 0) is 6.54 Å². The zero-order valence-electron chi connectivity index (χ0n) is 12.8. The van der Waals surface area contributed by atoms with Crippen LogP contribution in [0.5, 0.6) is 0 Å². The molecular weight excluding hydrogens is 375 g/mol. The van der Waals surface area contributed by atoms with Gasteiger partial charge in [0.25, 0.3) is 0 Å². The van der Waals surface area contributed by atoms with Gasteiger partial charge in [0.15, 0.2) is 5.96 Å². The van der Waals surface area contributed by atoms with Crippen molar-refractivity contribution in [2.45, 2.75) is 25.8 Å². The van der Waals surface area contributed by atoms with E-state index in [9.17, 15) is 0 Å². The van der Waals surface area contributed by atoms with Crippen molar-refractivity contribution in [1.82, 2.24) is 10.2 Å². The Balaban J connectivity index is 0.00000220. The lowest BCUT2D eigenvalue weighted by atomic mass is 9.86. The van der Waals surface area contributed by atoms with E-state index in [2.05, 4.69) is 46.5 Å². The maximum absolute atomic E-state index is 5.86. The highest BCUT2D eigenvalue weighted by molar-refractivity contribution is 14.0. The number of aliphatic imine (C=N–C) groups is 1. The Morgan fingerprint density at radius 3 is 2.67 bits per heavy atom. The maximum atomic E-state index is 5.86. The SMILES string of the molecule is CN(CCNC(N)=NCC1CCC1)Cc1ccccc1.I. The minimum Gasteiger partial charge on any atom is -0.370 e. The summed E-state index contributed by atoms with van der Waals surface area (Å²) in [6.45, 7) is 3.64. The number of hydrogen-bond acceptors (Lipinski definition) is 2. The predicted octanol–water partition coefficient (Wildman–Crippen LogP) is 2.44. The Kier molecular flexibility index (Phi) is 8.68. The lowest BCUT2D eigenvalue weighted by Gasteiger charge is -2.23. The number of benzene rings is 1. The van der Waals surface area contributed by atoms with Crippen LogP contribution < -0.4 is 11.1 Å². The summed E-state index contributed by atoms with van der Waals surface area (Å²) in [5.41, 5.74) is 7.19. The molecule has 1 aromatic rings. The van der Waals surface area contributed by atoms with Crippen LogP contribution in [0.25, 0.3) is 0 Å². The van der Waals surface area contributed by atoms with Crippen LogP contribution in [0, 0.1) is 5.92 Å². The number of rotatable bonds is 7. The van der Waals surface area contributed by atoms with Gasteiger partial charge in [-0.1, -0.05) is 36.8 Å². The minimum atomic E-state index is 0. The van der Waals surface area contributed by atoms with Gasteiger partial charge in [0, 0.05) is 26.2 Å². The fraction of sp³-hybridized carbons (Fsp3) is 0.562. The molecule has 1 aromatic carbocycles. The highest BCUT2D eigenvalue weighted by atomic mass is 127. The number of likely N-dealkylation sites (N-methyl/N-ethyl adjacent to an activating group) is 1. The molecule has 0 bridgehead atoms. The van der Waals surface area contributed by atoms with Crippen molar-refractivity contribution >= 4 is 29.9 Å². The molecule has 0 heterocycles. The van der Waals surface area contributed by atoms with Crippen LogP contribution >= 0.6 is 24.0 Å². The van der Waals surface area contributed by atoms with E-state index in [-0.39, 0.29) is 24.0 Å². The van der Waals surface area contributed by atoms with Gasteiger partial charge in [0.2, 0.25) is 0 Å². The molecule has 2 rings (SSSR count). The first-order valence-electron chi connectivity index (χ1n) is 7.50. The molecule has 0 spiro atoms. The Bertz CT molecular complexity index is 418. The van der Waals surface area contributed by atoms with E-state index in [1.165, 1.54) is 24.8 Å². The first-order valence-corrected chi connectivity index (χ1v) is 7.50. The molecule has 118 valence electrons. The molecule has 0 aliphatic heterocycles. The lowest BCUT2D eigenvalue weighted by Crippen LogP contribution is -2.37. The second-order valence-corrected chi connectivity index (χ2v) is 5.67. The molecule has 21 heavy (non-hydrogen) atoms. The first kappa shape index (κ1) is 18.2. The van der Waals surface area contributed by atoms with Crippen LogP contribution in [-0.4, -0.2) is 37.5 Å². The molecule has 0 saturated heterocycles. The second kappa shape index (κ2) is 10.00. The van der Waals surface area contributed by atoms with Crippen molar-refractivity contribution in [2.75, 3.05) is 26.7 Å². The van der Waals surface area contributed by atoms with Crippen LogP contribution in [0.2, 0.25) is 0 Å². The normalized spacial score (nSPS) is 15.4. The average molecular weight is 402 g/mol. The molecule has 0 unspecified atom stereocenters. The average Bonchev–Trinajstić information content (AvgIpc) is 2.38. The first-order chi connectivity index (χ1) is 9.74. The van der Waals surface area contributed by atoms with E-state index >= 15 is 0 Å². The standard InChI is InChI=1S/C16H26N4.HI/c1-20(13-15-6-3-2-4-7-15)11-10-18-16(17)19-12-14-8-5-9-14;/h2-4,6-7,14H,5,8-13H2,1H3,(H3,17,18,19);1H. The summed E-state index contributed by atoms with van der Waals surface area (Å²) in [5.74, 6) is 1.36. The quantitative estimate of drug-likeness (QED) is 0.419. The Labute approximate surface area is 145 Å². The molecule has 0 radical (unpaired) electrons. The third kappa shape index (κ3) is 7.13. The third-order valence-corrected chi connectivity index (χ3v) is 3.84. The highest BCUT2D eigenvalue weighted by Crippen LogP contribution is 2.26. The van der Waals surface area contributed by atoms with Gasteiger partial charge in [-0.15, -0.1) is 24.0 Å². The summed E-state index contributed by atoms with van der Waals surface area (Å²) < 4.78 is 0. The van der Waals surface area contributed by atoms with Gasteiger partial charge >= 0.3 is 0 Å². The monoisotopic (exact) mass is 402 g/mol. The van der Waals surface area contributed by atoms with Gasteiger partial charge < -0.3 is 16.0 Å². The number of nitrogens with one attached hydrogen (secondary N) is 1. The number of nitrogens with two attached hydrogens (primary N) is 1. The maximum Gasteiger partial charge on any atom is 0.188 e. The summed E-state index contributed by atoms with van der Waals surface area (Å²) >= 11 is 0. The Morgan fingerprint density at radius 1 is 1.33 bits per heavy atom. The number of nitrogens with zero attached hydrogens (tertiary/aromatic N) is 2. The zero-order valence-corrected chi connectivity index (χ0v) is 15.1. The van der Waals surface area contributed by atoms with Gasteiger partial charge in [-0.3, -0.25) is 4.99 Å². The zero-order chi connectivity index (χ0) is 14.2. The fourth-order valence-electron chi connectivity index (χ4n) is 2.31. The molecule has 5 heteroatoms. The third-order valence-electron chi connectivity index (χ3n) is 3.84. The van der Waals surface area contributed by atoms with Gasteiger partial charge in [0.05, 0.1) is 0 Å². The largest absolute Gasteiger partial charge is 0.370 e.